The van der Waals surface area contributed by atoms with E-state index in [-0.39, 0.29) is 16.9 Å². The highest BCUT2D eigenvalue weighted by atomic mass is 16.5. The van der Waals surface area contributed by atoms with E-state index in [1.807, 2.05) is 34.9 Å². The van der Waals surface area contributed by atoms with Crippen molar-refractivity contribution in [1.82, 2.24) is 24.6 Å². The molecule has 0 spiro atoms. The Morgan fingerprint density at radius 1 is 0.884 bits per heavy atom. The number of rotatable bonds is 9. The number of hydrogen-bond acceptors (Lipinski definition) is 7. The van der Waals surface area contributed by atoms with E-state index < -0.39 is 0 Å². The second-order valence-electron chi connectivity index (χ2n) is 12.1. The Morgan fingerprint density at radius 3 is 2.42 bits per heavy atom. The lowest BCUT2D eigenvalue weighted by atomic mass is 10.0. The minimum Gasteiger partial charge on any atom is -0.451 e. The third-order valence-corrected chi connectivity index (χ3v) is 9.14. The maximum absolute atomic E-state index is 13.8. The summed E-state index contributed by atoms with van der Waals surface area (Å²) in [4.78, 5) is 34.4. The van der Waals surface area contributed by atoms with Gasteiger partial charge in [-0.25, -0.2) is 0 Å². The van der Waals surface area contributed by atoms with Crippen molar-refractivity contribution in [3.05, 3.63) is 70.5 Å². The zero-order valence-electron chi connectivity index (χ0n) is 24.9. The number of carbonyl (C=O) groups excluding carboxylic acids is 1. The van der Waals surface area contributed by atoms with Gasteiger partial charge in [0.25, 0.3) is 5.91 Å². The molecule has 0 aliphatic carbocycles. The van der Waals surface area contributed by atoms with Crippen molar-refractivity contribution in [2.75, 3.05) is 77.8 Å². The minimum atomic E-state index is -0.337. The number of hydrogen-bond donors (Lipinski definition) is 2. The smallest absolute Gasteiger partial charge is 0.256 e. The van der Waals surface area contributed by atoms with Gasteiger partial charge in [-0.1, -0.05) is 24.3 Å². The van der Waals surface area contributed by atoms with Crippen LogP contribution < -0.4 is 20.8 Å². The number of aromatic nitrogens is 1. The van der Waals surface area contributed by atoms with Gasteiger partial charge in [0.15, 0.2) is 11.5 Å². The lowest BCUT2D eigenvalue weighted by Crippen LogP contribution is -2.44. The van der Waals surface area contributed by atoms with Crippen molar-refractivity contribution in [3.8, 4) is 17.2 Å². The van der Waals surface area contributed by atoms with Gasteiger partial charge in [0.05, 0.1) is 16.8 Å². The van der Waals surface area contributed by atoms with Crippen LogP contribution in [0.3, 0.4) is 0 Å². The van der Waals surface area contributed by atoms with E-state index in [1.54, 1.807) is 6.20 Å². The average Bonchev–Trinajstić information content (AvgIpc) is 3.54. The van der Waals surface area contributed by atoms with E-state index in [0.717, 1.165) is 87.5 Å². The first kappa shape index (κ1) is 27.9. The summed E-state index contributed by atoms with van der Waals surface area (Å²) < 4.78 is 8.55. The molecule has 0 unspecified atom stereocenters. The van der Waals surface area contributed by atoms with Gasteiger partial charge < -0.3 is 34.6 Å². The van der Waals surface area contributed by atoms with Crippen LogP contribution in [0.5, 0.6) is 11.5 Å². The fourth-order valence-corrected chi connectivity index (χ4v) is 6.60. The number of carbonyl (C=O) groups is 1. The summed E-state index contributed by atoms with van der Waals surface area (Å²) in [7, 11) is 2.18. The number of likely N-dealkylation sites (tertiary alicyclic amines) is 1. The number of fused-ring (bicyclic) bond motifs is 3. The van der Waals surface area contributed by atoms with Crippen LogP contribution in [-0.2, 0) is 0 Å². The first-order valence-electron chi connectivity index (χ1n) is 15.6. The molecule has 2 N–H and O–H groups in total. The molecule has 3 aromatic carbocycles. The van der Waals surface area contributed by atoms with Gasteiger partial charge in [0.2, 0.25) is 5.43 Å². The largest absolute Gasteiger partial charge is 0.451 e. The minimum absolute atomic E-state index is 0.147. The highest BCUT2D eigenvalue weighted by Crippen LogP contribution is 2.45. The summed E-state index contributed by atoms with van der Waals surface area (Å²) in [5, 5.41) is 9.19. The van der Waals surface area contributed by atoms with Crippen LogP contribution in [0, 0.1) is 0 Å². The maximum Gasteiger partial charge on any atom is 0.256 e. The normalized spacial score (nSPS) is 17.2. The van der Waals surface area contributed by atoms with E-state index in [9.17, 15) is 9.59 Å². The van der Waals surface area contributed by atoms with E-state index in [0.29, 0.717) is 28.9 Å². The molecule has 9 nitrogen and oxygen atoms in total. The number of amides is 1. The summed E-state index contributed by atoms with van der Waals surface area (Å²) in [5.74, 6) is 0.984. The number of likely N-dealkylation sites (N-methyl/N-ethyl adjacent to an activating group) is 1. The van der Waals surface area contributed by atoms with Crippen LogP contribution in [0.25, 0.3) is 27.4 Å². The van der Waals surface area contributed by atoms with Crippen LogP contribution in [0.2, 0.25) is 0 Å². The second-order valence-corrected chi connectivity index (χ2v) is 12.1. The lowest BCUT2D eigenvalue weighted by Gasteiger charge is -2.32. The molecule has 4 aromatic rings. The SMILES string of the molecule is CN1CCN(CCCNc2ccc3c(=O)c(C(=O)NCCN4CCCC4)cn4c3c2Oc2cc3ccccc3cc2-4)CC1. The Hall–Kier alpha value is -3.92. The predicted octanol–water partition coefficient (Wildman–Crippen LogP) is 4.12. The summed E-state index contributed by atoms with van der Waals surface area (Å²) >= 11 is 0. The fourth-order valence-electron chi connectivity index (χ4n) is 6.60. The summed E-state index contributed by atoms with van der Waals surface area (Å²) in [5.41, 5.74) is 2.22. The number of anilines is 1. The van der Waals surface area contributed by atoms with Crippen molar-refractivity contribution >= 4 is 33.3 Å². The van der Waals surface area contributed by atoms with Gasteiger partial charge in [-0.3, -0.25) is 9.59 Å². The number of nitrogens with zero attached hydrogens (tertiary/aromatic N) is 4. The average molecular weight is 581 g/mol. The molecule has 43 heavy (non-hydrogen) atoms. The molecular formula is C34H40N6O3. The van der Waals surface area contributed by atoms with E-state index in [4.69, 9.17) is 4.74 Å². The summed E-state index contributed by atoms with van der Waals surface area (Å²) in [6.07, 6.45) is 5.11. The first-order valence-corrected chi connectivity index (χ1v) is 15.6. The molecule has 1 aromatic heterocycles. The Balaban J connectivity index is 1.21. The molecule has 1 amide bonds. The van der Waals surface area contributed by atoms with Crippen molar-refractivity contribution in [3.63, 3.8) is 0 Å². The third kappa shape index (κ3) is 5.60. The molecule has 224 valence electrons. The number of piperazine rings is 1. The Morgan fingerprint density at radius 2 is 1.63 bits per heavy atom. The Labute approximate surface area is 252 Å². The molecule has 0 radical (unpaired) electrons. The third-order valence-electron chi connectivity index (χ3n) is 9.14. The number of pyridine rings is 1. The topological polar surface area (TPSA) is 82.1 Å². The van der Waals surface area contributed by atoms with E-state index in [2.05, 4.69) is 50.6 Å². The summed E-state index contributed by atoms with van der Waals surface area (Å²) in [6, 6.07) is 16.0. The van der Waals surface area contributed by atoms with Gasteiger partial charge in [-0.2, -0.15) is 0 Å². The van der Waals surface area contributed by atoms with E-state index >= 15 is 0 Å². The lowest BCUT2D eigenvalue weighted by molar-refractivity contribution is 0.0948. The molecule has 7 rings (SSSR count). The highest BCUT2D eigenvalue weighted by Gasteiger charge is 2.27. The molecule has 9 heteroatoms. The van der Waals surface area contributed by atoms with Gasteiger partial charge in [0.1, 0.15) is 11.1 Å². The van der Waals surface area contributed by atoms with Crippen molar-refractivity contribution in [2.45, 2.75) is 19.3 Å². The van der Waals surface area contributed by atoms with Crippen LogP contribution >= 0.6 is 0 Å². The zero-order chi connectivity index (χ0) is 29.3. The Bertz CT molecular complexity index is 1720. The first-order chi connectivity index (χ1) is 21.0. The zero-order valence-corrected chi connectivity index (χ0v) is 24.9. The molecule has 3 aliphatic heterocycles. The van der Waals surface area contributed by atoms with Crippen molar-refractivity contribution in [2.24, 2.45) is 0 Å². The fraction of sp³-hybridized carbons (Fsp3) is 0.412. The quantitative estimate of drug-likeness (QED) is 0.254. The molecule has 0 bridgehead atoms. The molecule has 4 heterocycles. The van der Waals surface area contributed by atoms with Crippen LogP contribution in [0.1, 0.15) is 29.6 Å². The highest BCUT2D eigenvalue weighted by molar-refractivity contribution is 6.01. The van der Waals surface area contributed by atoms with E-state index in [1.165, 1.54) is 12.8 Å². The second kappa shape index (κ2) is 12.0. The molecular weight excluding hydrogens is 540 g/mol. The van der Waals surface area contributed by atoms with Crippen molar-refractivity contribution in [1.29, 1.82) is 0 Å². The van der Waals surface area contributed by atoms with Crippen molar-refractivity contribution < 1.29 is 9.53 Å². The Kier molecular flexibility index (Phi) is 7.78. The molecule has 0 atom stereocenters. The van der Waals surface area contributed by atoms with Gasteiger partial charge in [0, 0.05) is 52.0 Å². The molecule has 2 saturated heterocycles. The molecule has 3 aliphatic rings. The predicted molar refractivity (Wildman–Crippen MR) is 172 cm³/mol. The van der Waals surface area contributed by atoms with Gasteiger partial charge in [-0.05, 0) is 81.0 Å². The maximum atomic E-state index is 13.8. The van der Waals surface area contributed by atoms with Gasteiger partial charge >= 0.3 is 0 Å². The summed E-state index contributed by atoms with van der Waals surface area (Å²) in [6.45, 7) is 9.71. The molecule has 2 fully saturated rings. The van der Waals surface area contributed by atoms with Crippen LogP contribution in [0.15, 0.2) is 59.5 Å². The monoisotopic (exact) mass is 580 g/mol. The standard InChI is InChI=1S/C34H40N6O3/c1-37-17-19-39(20-18-37)15-6-11-35-28-10-9-26-31-33(28)43-30-22-25-8-3-2-7-24(25)21-29(30)40(31)23-27(32(26)41)34(42)36-12-16-38-13-4-5-14-38/h2-3,7-10,21-23,35H,4-6,11-20H2,1H3,(H,36,42). The van der Waals surface area contributed by atoms with Crippen LogP contribution in [0.4, 0.5) is 5.69 Å². The number of nitrogens with one attached hydrogen (secondary N) is 2. The molecule has 0 saturated carbocycles. The van der Waals surface area contributed by atoms with Gasteiger partial charge in [-0.15, -0.1) is 0 Å². The number of benzene rings is 3. The van der Waals surface area contributed by atoms with Crippen LogP contribution in [-0.4, -0.2) is 97.7 Å². The number of ether oxygens (including phenoxy) is 1.